The van der Waals surface area contributed by atoms with Crippen LogP contribution in [-0.4, -0.2) is 75.5 Å². The van der Waals surface area contributed by atoms with Crippen molar-refractivity contribution in [1.29, 1.82) is 0 Å². The number of carbonyl (C=O) groups excluding carboxylic acids is 1. The summed E-state index contributed by atoms with van der Waals surface area (Å²) in [5, 5.41) is 2.45. The van der Waals surface area contributed by atoms with Crippen LogP contribution in [0.1, 0.15) is 23.0 Å². The number of benzene rings is 1. The molecule has 1 N–H and O–H groups in total. The van der Waals surface area contributed by atoms with Crippen LogP contribution < -0.4 is 4.72 Å². The van der Waals surface area contributed by atoms with Crippen molar-refractivity contribution in [1.82, 2.24) is 19.5 Å². The van der Waals surface area contributed by atoms with E-state index in [2.05, 4.69) is 9.71 Å². The van der Waals surface area contributed by atoms with Crippen molar-refractivity contribution in [2.24, 2.45) is 4.99 Å². The Balaban J connectivity index is 1.78. The SMILES string of the molecule is COC(=O)C1=C2C[C@H](NS(=O)(=O)OCN(C)C)CN2C(c2nccs2)=N[C@H]1c1ccc(F)cc1Cl. The van der Waals surface area contributed by atoms with E-state index in [-0.39, 0.29) is 30.3 Å². The molecule has 0 spiro atoms. The standard InChI is InChI=1S/C21H23ClFN5O5S2/c1-27(2)11-33-35(30,31)26-13-9-16-17(21(29)32-3)18(14-5-4-12(23)8-15(14)22)25-19(28(16)10-13)20-24-6-7-34-20/h4-8,13,18,26H,9-11H2,1-3H3/t13-,18-/m0/s1. The Labute approximate surface area is 211 Å². The van der Waals surface area contributed by atoms with Crippen LogP contribution >= 0.6 is 22.9 Å². The first-order chi connectivity index (χ1) is 16.6. The van der Waals surface area contributed by atoms with E-state index in [1.807, 2.05) is 0 Å². The molecule has 10 nitrogen and oxygen atoms in total. The van der Waals surface area contributed by atoms with Gasteiger partial charge < -0.3 is 9.64 Å². The van der Waals surface area contributed by atoms with Gasteiger partial charge in [-0.1, -0.05) is 17.7 Å². The van der Waals surface area contributed by atoms with E-state index in [1.165, 1.54) is 30.6 Å². The Hall–Kier alpha value is -2.42. The fraction of sp³-hybridized carbons (Fsp3) is 0.381. The van der Waals surface area contributed by atoms with Crippen LogP contribution in [0.2, 0.25) is 5.02 Å². The monoisotopic (exact) mass is 543 g/mol. The molecule has 0 bridgehead atoms. The van der Waals surface area contributed by atoms with Gasteiger partial charge in [0.25, 0.3) is 0 Å². The lowest BCUT2D eigenvalue weighted by atomic mass is 9.94. The normalized spacial score (nSPS) is 20.3. The number of esters is 1. The first kappa shape index (κ1) is 25.7. The van der Waals surface area contributed by atoms with E-state index in [0.717, 1.165) is 6.07 Å². The summed E-state index contributed by atoms with van der Waals surface area (Å²) in [4.78, 5) is 25.4. The number of rotatable bonds is 8. The van der Waals surface area contributed by atoms with Crippen LogP contribution in [0.3, 0.4) is 0 Å². The van der Waals surface area contributed by atoms with E-state index in [1.54, 1.807) is 35.5 Å². The molecule has 2 aliphatic heterocycles. The fourth-order valence-corrected chi connectivity index (χ4v) is 5.80. The molecule has 2 atom stereocenters. The Morgan fingerprint density at radius 2 is 2.17 bits per heavy atom. The van der Waals surface area contributed by atoms with Gasteiger partial charge in [-0.15, -0.1) is 11.3 Å². The van der Waals surface area contributed by atoms with E-state index in [0.29, 0.717) is 22.1 Å². The van der Waals surface area contributed by atoms with Crippen molar-refractivity contribution < 1.29 is 26.5 Å². The summed E-state index contributed by atoms with van der Waals surface area (Å²) < 4.78 is 51.2. The third kappa shape index (κ3) is 5.55. The van der Waals surface area contributed by atoms with Crippen LogP contribution in [0.4, 0.5) is 4.39 Å². The highest BCUT2D eigenvalue weighted by molar-refractivity contribution is 7.84. The van der Waals surface area contributed by atoms with E-state index < -0.39 is 34.2 Å². The number of hydrogen-bond acceptors (Lipinski definition) is 10. The number of amidine groups is 1. The Bertz CT molecular complexity index is 1280. The first-order valence-corrected chi connectivity index (χ1v) is 13.1. The van der Waals surface area contributed by atoms with Gasteiger partial charge in [0.1, 0.15) is 18.6 Å². The molecular formula is C21H23ClFN5O5S2. The molecule has 2 aliphatic rings. The topological polar surface area (TPSA) is 113 Å². The van der Waals surface area contributed by atoms with Crippen molar-refractivity contribution >= 4 is 45.0 Å². The highest BCUT2D eigenvalue weighted by Crippen LogP contribution is 2.42. The number of aromatic nitrogens is 1. The van der Waals surface area contributed by atoms with Crippen LogP contribution in [-0.2, 0) is 24.0 Å². The molecule has 14 heteroatoms. The minimum absolute atomic E-state index is 0.0972. The number of methoxy groups -OCH3 is 1. The van der Waals surface area contributed by atoms with Gasteiger partial charge in [0, 0.05) is 46.9 Å². The molecule has 0 radical (unpaired) electrons. The number of halogens is 2. The Morgan fingerprint density at radius 3 is 2.80 bits per heavy atom. The highest BCUT2D eigenvalue weighted by Gasteiger charge is 2.43. The summed E-state index contributed by atoms with van der Waals surface area (Å²) in [6.07, 6.45) is 1.78. The number of nitrogens with zero attached hydrogens (tertiary/aromatic N) is 4. The van der Waals surface area contributed by atoms with Crippen LogP contribution in [0.5, 0.6) is 0 Å². The predicted molar refractivity (Wildman–Crippen MR) is 129 cm³/mol. The second-order valence-corrected chi connectivity index (χ2v) is 10.8. The molecule has 0 aliphatic carbocycles. The van der Waals surface area contributed by atoms with Gasteiger partial charge in [0.2, 0.25) is 0 Å². The average molecular weight is 544 g/mol. The van der Waals surface area contributed by atoms with Crippen molar-refractivity contribution in [3.05, 3.63) is 62.5 Å². The fourth-order valence-electron chi connectivity index (χ4n) is 3.91. The smallest absolute Gasteiger partial charge is 0.338 e. The molecule has 1 fully saturated rings. The lowest BCUT2D eigenvalue weighted by molar-refractivity contribution is -0.136. The van der Waals surface area contributed by atoms with Gasteiger partial charge >= 0.3 is 16.3 Å². The van der Waals surface area contributed by atoms with E-state index in [9.17, 15) is 17.6 Å². The molecule has 3 heterocycles. The first-order valence-electron chi connectivity index (χ1n) is 10.4. The maximum atomic E-state index is 13.8. The summed E-state index contributed by atoms with van der Waals surface area (Å²) in [6.45, 7) is 0.0570. The number of hydrogen-bond donors (Lipinski definition) is 1. The second kappa shape index (κ2) is 10.3. The predicted octanol–water partition coefficient (Wildman–Crippen LogP) is 2.31. The number of ether oxygens (including phenoxy) is 1. The van der Waals surface area contributed by atoms with Gasteiger partial charge in [-0.2, -0.15) is 13.1 Å². The van der Waals surface area contributed by atoms with Crippen LogP contribution in [0.15, 0.2) is 46.0 Å². The summed E-state index contributed by atoms with van der Waals surface area (Å²) in [7, 11) is 0.530. The van der Waals surface area contributed by atoms with Gasteiger partial charge in [0.15, 0.2) is 10.8 Å². The maximum absolute atomic E-state index is 13.8. The zero-order valence-electron chi connectivity index (χ0n) is 19.1. The molecular weight excluding hydrogens is 521 g/mol. The highest BCUT2D eigenvalue weighted by atomic mass is 35.5. The summed E-state index contributed by atoms with van der Waals surface area (Å²) in [6, 6.07) is 2.33. The zero-order valence-corrected chi connectivity index (χ0v) is 21.5. The van der Waals surface area contributed by atoms with Crippen molar-refractivity contribution in [3.63, 3.8) is 0 Å². The van der Waals surface area contributed by atoms with Gasteiger partial charge in [-0.25, -0.2) is 18.4 Å². The minimum Gasteiger partial charge on any atom is -0.466 e. The number of aliphatic imine (C=N–C) groups is 1. The van der Waals surface area contributed by atoms with Crippen molar-refractivity contribution in [2.75, 3.05) is 34.5 Å². The van der Waals surface area contributed by atoms with Gasteiger partial charge in [-0.05, 0) is 26.2 Å². The second-order valence-electron chi connectivity index (χ2n) is 8.12. The molecule has 0 saturated carbocycles. The molecule has 1 aromatic heterocycles. The van der Waals surface area contributed by atoms with Crippen LogP contribution in [0.25, 0.3) is 0 Å². The Kier molecular flexibility index (Phi) is 7.54. The third-order valence-corrected chi connectivity index (χ3v) is 7.46. The molecule has 0 unspecified atom stereocenters. The van der Waals surface area contributed by atoms with Gasteiger partial charge in [0.05, 0.1) is 12.7 Å². The van der Waals surface area contributed by atoms with Crippen molar-refractivity contribution in [2.45, 2.75) is 18.5 Å². The van der Waals surface area contributed by atoms with E-state index in [4.69, 9.17) is 25.5 Å². The number of nitrogens with one attached hydrogen (secondary N) is 1. The van der Waals surface area contributed by atoms with Crippen LogP contribution in [0, 0.1) is 5.82 Å². The van der Waals surface area contributed by atoms with E-state index >= 15 is 0 Å². The minimum atomic E-state index is -4.07. The zero-order chi connectivity index (χ0) is 25.3. The summed E-state index contributed by atoms with van der Waals surface area (Å²) in [5.41, 5.74) is 1.12. The largest absolute Gasteiger partial charge is 0.466 e. The molecule has 4 rings (SSSR count). The molecule has 1 saturated heterocycles. The average Bonchev–Trinajstić information content (AvgIpc) is 3.46. The third-order valence-electron chi connectivity index (χ3n) is 5.32. The molecule has 188 valence electrons. The number of carbonyl (C=O) groups is 1. The number of thiazole rings is 1. The molecule has 0 amide bonds. The number of fused-ring (bicyclic) bond motifs is 1. The summed E-state index contributed by atoms with van der Waals surface area (Å²) >= 11 is 7.68. The summed E-state index contributed by atoms with van der Waals surface area (Å²) in [5.74, 6) is -0.728. The van der Waals surface area contributed by atoms with Gasteiger partial charge in [-0.3, -0.25) is 9.89 Å². The lowest BCUT2D eigenvalue weighted by Crippen LogP contribution is -2.41. The lowest BCUT2D eigenvalue weighted by Gasteiger charge is -2.31. The quantitative estimate of drug-likeness (QED) is 0.398. The maximum Gasteiger partial charge on any atom is 0.338 e. The molecule has 35 heavy (non-hydrogen) atoms. The molecule has 1 aromatic carbocycles. The molecule has 2 aromatic rings. The van der Waals surface area contributed by atoms with Crippen molar-refractivity contribution in [3.8, 4) is 0 Å². The Morgan fingerprint density at radius 1 is 1.40 bits per heavy atom.